The molecule has 0 saturated carbocycles. The smallest absolute Gasteiger partial charge is 0.340 e. The van der Waals surface area contributed by atoms with Crippen molar-refractivity contribution >= 4 is 55.1 Å². The van der Waals surface area contributed by atoms with Crippen molar-refractivity contribution < 1.29 is 22.7 Å². The van der Waals surface area contributed by atoms with Gasteiger partial charge in [-0.05, 0) is 56.3 Å². The van der Waals surface area contributed by atoms with Crippen molar-refractivity contribution in [1.82, 2.24) is 5.32 Å². The SMILES string of the molecule is CCNC(=O)C(C)OC(=O)c1cc(S(=O)(=O)Nc2ccc(Br)cc2)ccc1Cl. The third kappa shape index (κ3) is 5.70. The van der Waals surface area contributed by atoms with Gasteiger partial charge in [-0.3, -0.25) is 9.52 Å². The molecule has 1 atom stereocenters. The highest BCUT2D eigenvalue weighted by Gasteiger charge is 2.23. The van der Waals surface area contributed by atoms with Gasteiger partial charge in [0.05, 0.1) is 15.5 Å². The maximum atomic E-state index is 12.6. The monoisotopic (exact) mass is 488 g/mol. The summed E-state index contributed by atoms with van der Waals surface area (Å²) < 4.78 is 33.5. The van der Waals surface area contributed by atoms with Crippen LogP contribution < -0.4 is 10.0 Å². The summed E-state index contributed by atoms with van der Waals surface area (Å²) in [6, 6.07) is 10.2. The molecule has 1 amide bonds. The minimum Gasteiger partial charge on any atom is -0.449 e. The molecule has 1 unspecified atom stereocenters. The average molecular weight is 490 g/mol. The van der Waals surface area contributed by atoms with Crippen LogP contribution in [0, 0.1) is 0 Å². The van der Waals surface area contributed by atoms with Crippen LogP contribution in [-0.2, 0) is 19.6 Å². The maximum absolute atomic E-state index is 12.6. The number of carbonyl (C=O) groups excluding carboxylic acids is 2. The summed E-state index contributed by atoms with van der Waals surface area (Å²) in [6.07, 6.45) is -1.05. The highest BCUT2D eigenvalue weighted by molar-refractivity contribution is 9.10. The highest BCUT2D eigenvalue weighted by Crippen LogP contribution is 2.24. The van der Waals surface area contributed by atoms with E-state index in [0.29, 0.717) is 12.2 Å². The Bertz CT molecular complexity index is 980. The molecule has 2 aromatic carbocycles. The predicted molar refractivity (Wildman–Crippen MR) is 110 cm³/mol. The van der Waals surface area contributed by atoms with Crippen LogP contribution in [0.3, 0.4) is 0 Å². The first-order chi connectivity index (χ1) is 13.1. The van der Waals surface area contributed by atoms with Crippen molar-refractivity contribution in [2.45, 2.75) is 24.8 Å². The highest BCUT2D eigenvalue weighted by atomic mass is 79.9. The molecular formula is C18H18BrClN2O5S. The number of benzene rings is 2. The molecule has 0 bridgehead atoms. The van der Waals surface area contributed by atoms with E-state index in [9.17, 15) is 18.0 Å². The number of anilines is 1. The Morgan fingerprint density at radius 2 is 1.82 bits per heavy atom. The van der Waals surface area contributed by atoms with Crippen LogP contribution in [-0.4, -0.2) is 32.9 Å². The number of halogens is 2. The molecule has 0 aliphatic carbocycles. The molecule has 2 rings (SSSR count). The Morgan fingerprint density at radius 1 is 1.18 bits per heavy atom. The van der Waals surface area contributed by atoms with Crippen molar-refractivity contribution in [1.29, 1.82) is 0 Å². The van der Waals surface area contributed by atoms with Crippen LogP contribution in [0.5, 0.6) is 0 Å². The molecule has 0 saturated heterocycles. The summed E-state index contributed by atoms with van der Waals surface area (Å²) in [4.78, 5) is 23.9. The molecule has 0 spiro atoms. The topological polar surface area (TPSA) is 102 Å². The zero-order valence-electron chi connectivity index (χ0n) is 15.0. The molecule has 2 aromatic rings. The first-order valence-electron chi connectivity index (χ1n) is 8.20. The number of hydrogen-bond donors (Lipinski definition) is 2. The van der Waals surface area contributed by atoms with E-state index in [4.69, 9.17) is 16.3 Å². The minimum atomic E-state index is -3.96. The number of esters is 1. The molecular weight excluding hydrogens is 472 g/mol. The molecule has 150 valence electrons. The number of rotatable bonds is 7. The lowest BCUT2D eigenvalue weighted by atomic mass is 10.2. The fraction of sp³-hybridized carbons (Fsp3) is 0.222. The average Bonchev–Trinajstić information content (AvgIpc) is 2.63. The van der Waals surface area contributed by atoms with Crippen molar-refractivity contribution in [3.8, 4) is 0 Å². The first-order valence-corrected chi connectivity index (χ1v) is 10.9. The summed E-state index contributed by atoms with van der Waals surface area (Å²) in [5.74, 6) is -1.36. The number of nitrogens with one attached hydrogen (secondary N) is 2. The van der Waals surface area contributed by atoms with E-state index < -0.39 is 28.0 Å². The second-order valence-corrected chi connectivity index (χ2v) is 8.70. The molecule has 0 aromatic heterocycles. The Balaban J connectivity index is 2.25. The zero-order valence-corrected chi connectivity index (χ0v) is 18.2. The molecule has 0 radical (unpaired) electrons. The summed E-state index contributed by atoms with van der Waals surface area (Å²) in [5, 5.41) is 2.54. The quantitative estimate of drug-likeness (QED) is 0.579. The van der Waals surface area contributed by atoms with Gasteiger partial charge in [-0.25, -0.2) is 13.2 Å². The predicted octanol–water partition coefficient (Wildman–Crippen LogP) is 3.58. The number of carbonyl (C=O) groups is 2. The molecule has 0 aliphatic heterocycles. The fourth-order valence-electron chi connectivity index (χ4n) is 2.16. The Kier molecular flexibility index (Phi) is 7.45. The van der Waals surface area contributed by atoms with Gasteiger partial charge in [0.2, 0.25) is 0 Å². The van der Waals surface area contributed by atoms with Gasteiger partial charge >= 0.3 is 5.97 Å². The second kappa shape index (κ2) is 9.40. The molecule has 0 heterocycles. The standard InChI is InChI=1S/C18H18BrClN2O5S/c1-3-21-17(23)11(2)27-18(24)15-10-14(8-9-16(15)20)28(25,26)22-13-6-4-12(19)5-7-13/h4-11,22H,3H2,1-2H3,(H,21,23). The van der Waals surface area contributed by atoms with Crippen LogP contribution in [0.4, 0.5) is 5.69 Å². The van der Waals surface area contributed by atoms with E-state index in [1.807, 2.05) is 0 Å². The van der Waals surface area contributed by atoms with Crippen molar-refractivity contribution in [2.24, 2.45) is 0 Å². The second-order valence-electron chi connectivity index (χ2n) is 5.70. The first kappa shape index (κ1) is 22.2. The van der Waals surface area contributed by atoms with E-state index in [-0.39, 0.29) is 15.5 Å². The van der Waals surface area contributed by atoms with E-state index in [2.05, 4.69) is 26.0 Å². The summed E-state index contributed by atoms with van der Waals surface area (Å²) in [7, 11) is -3.96. The van der Waals surface area contributed by atoms with Crippen molar-refractivity contribution in [3.05, 3.63) is 57.5 Å². The van der Waals surface area contributed by atoms with E-state index in [0.717, 1.165) is 10.5 Å². The van der Waals surface area contributed by atoms with Crippen LogP contribution in [0.2, 0.25) is 5.02 Å². The van der Waals surface area contributed by atoms with Crippen molar-refractivity contribution in [2.75, 3.05) is 11.3 Å². The van der Waals surface area contributed by atoms with E-state index >= 15 is 0 Å². The summed E-state index contributed by atoms with van der Waals surface area (Å²) >= 11 is 9.29. The Morgan fingerprint density at radius 3 is 2.43 bits per heavy atom. The lowest BCUT2D eigenvalue weighted by Crippen LogP contribution is -2.35. The van der Waals surface area contributed by atoms with Gasteiger partial charge < -0.3 is 10.1 Å². The Hall–Kier alpha value is -2.10. The lowest BCUT2D eigenvalue weighted by molar-refractivity contribution is -0.128. The number of hydrogen-bond acceptors (Lipinski definition) is 5. The van der Waals surface area contributed by atoms with Gasteiger partial charge in [-0.2, -0.15) is 0 Å². The molecule has 7 nitrogen and oxygen atoms in total. The normalized spacial score (nSPS) is 12.1. The van der Waals surface area contributed by atoms with E-state index in [1.165, 1.54) is 19.1 Å². The molecule has 0 fully saturated rings. The third-order valence-electron chi connectivity index (χ3n) is 3.57. The van der Waals surface area contributed by atoms with Gasteiger partial charge in [0, 0.05) is 16.7 Å². The zero-order chi connectivity index (χ0) is 20.9. The van der Waals surface area contributed by atoms with Gasteiger partial charge in [-0.15, -0.1) is 0 Å². The summed E-state index contributed by atoms with van der Waals surface area (Å²) in [5.41, 5.74) is 0.198. The largest absolute Gasteiger partial charge is 0.449 e. The van der Waals surface area contributed by atoms with Gasteiger partial charge in [0.15, 0.2) is 6.10 Å². The van der Waals surface area contributed by atoms with Gasteiger partial charge in [0.25, 0.3) is 15.9 Å². The number of likely N-dealkylation sites (N-methyl/N-ethyl adjacent to an activating group) is 1. The van der Waals surface area contributed by atoms with Crippen LogP contribution >= 0.6 is 27.5 Å². The lowest BCUT2D eigenvalue weighted by Gasteiger charge is -2.14. The summed E-state index contributed by atoms with van der Waals surface area (Å²) in [6.45, 7) is 3.53. The van der Waals surface area contributed by atoms with Crippen LogP contribution in [0.15, 0.2) is 51.8 Å². The van der Waals surface area contributed by atoms with Crippen LogP contribution in [0.25, 0.3) is 0 Å². The van der Waals surface area contributed by atoms with Gasteiger partial charge in [-0.1, -0.05) is 27.5 Å². The van der Waals surface area contributed by atoms with Gasteiger partial charge in [0.1, 0.15) is 0 Å². The Labute approximate surface area is 176 Å². The molecule has 28 heavy (non-hydrogen) atoms. The van der Waals surface area contributed by atoms with Crippen LogP contribution in [0.1, 0.15) is 24.2 Å². The maximum Gasteiger partial charge on any atom is 0.340 e. The molecule has 2 N–H and O–H groups in total. The van der Waals surface area contributed by atoms with E-state index in [1.54, 1.807) is 31.2 Å². The fourth-order valence-corrected chi connectivity index (χ4v) is 3.70. The minimum absolute atomic E-state index is 0.00990. The number of ether oxygens (including phenoxy) is 1. The van der Waals surface area contributed by atoms with Crippen molar-refractivity contribution in [3.63, 3.8) is 0 Å². The number of amides is 1. The molecule has 0 aliphatic rings. The third-order valence-corrected chi connectivity index (χ3v) is 5.81. The number of sulfonamides is 1. The molecule has 10 heteroatoms.